The monoisotopic (exact) mass is 500 g/mol. The predicted octanol–water partition coefficient (Wildman–Crippen LogP) is 5.02. The van der Waals surface area contributed by atoms with Gasteiger partial charge in [-0.1, -0.05) is 18.2 Å². The fourth-order valence-electron chi connectivity index (χ4n) is 4.74. The topological polar surface area (TPSA) is 71.9 Å². The highest BCUT2D eigenvalue weighted by molar-refractivity contribution is 8.01. The lowest BCUT2D eigenvalue weighted by molar-refractivity contribution is -0.150. The van der Waals surface area contributed by atoms with Crippen LogP contribution in [0.1, 0.15) is 30.9 Å². The van der Waals surface area contributed by atoms with Crippen molar-refractivity contribution in [2.75, 3.05) is 39.6 Å². The average molecular weight is 501 g/mol. The van der Waals surface area contributed by atoms with Crippen LogP contribution in [0.3, 0.4) is 0 Å². The Morgan fingerprint density at radius 3 is 2.97 bits per heavy atom. The van der Waals surface area contributed by atoms with Gasteiger partial charge in [0.1, 0.15) is 5.75 Å². The first kappa shape index (κ1) is 25.0. The number of carbonyl (C=O) groups excluding carboxylic acids is 1. The van der Waals surface area contributed by atoms with Gasteiger partial charge in [-0.3, -0.25) is 9.78 Å². The molecule has 182 valence electrons. The van der Waals surface area contributed by atoms with Gasteiger partial charge in [-0.15, -0.1) is 23.1 Å². The third kappa shape index (κ3) is 6.10. The Balaban J connectivity index is 1.37. The van der Waals surface area contributed by atoms with E-state index in [1.54, 1.807) is 24.6 Å². The molecule has 0 saturated carbocycles. The first-order valence-electron chi connectivity index (χ1n) is 11.7. The smallest absolute Gasteiger partial charge is 0.310 e. The van der Waals surface area contributed by atoms with Crippen LogP contribution in [0.25, 0.3) is 10.9 Å². The molecule has 0 unspecified atom stereocenters. The molecule has 3 atom stereocenters. The Hall–Kier alpha value is -2.13. The van der Waals surface area contributed by atoms with Crippen molar-refractivity contribution in [3.05, 3.63) is 53.5 Å². The number of nitrogens with zero attached hydrogens (tertiary/aromatic N) is 2. The van der Waals surface area contributed by atoms with Crippen molar-refractivity contribution in [2.45, 2.75) is 29.6 Å². The molecule has 1 aliphatic rings. The van der Waals surface area contributed by atoms with Gasteiger partial charge in [0.25, 0.3) is 0 Å². The van der Waals surface area contributed by atoms with E-state index in [1.807, 2.05) is 36.0 Å². The van der Waals surface area contributed by atoms with Crippen LogP contribution in [0.2, 0.25) is 0 Å². The number of hydrogen-bond acceptors (Lipinski definition) is 8. The lowest BCUT2D eigenvalue weighted by Crippen LogP contribution is -2.45. The molecule has 3 aromatic rings. The highest BCUT2D eigenvalue weighted by Crippen LogP contribution is 2.34. The van der Waals surface area contributed by atoms with E-state index in [0.717, 1.165) is 48.2 Å². The van der Waals surface area contributed by atoms with E-state index in [0.29, 0.717) is 18.7 Å². The largest absolute Gasteiger partial charge is 0.495 e. The van der Waals surface area contributed by atoms with Gasteiger partial charge in [-0.25, -0.2) is 0 Å². The van der Waals surface area contributed by atoms with E-state index in [1.165, 1.54) is 11.3 Å². The number of carbonyl (C=O) groups is 1. The molecule has 4 rings (SSSR count). The van der Waals surface area contributed by atoms with Crippen LogP contribution in [0.5, 0.6) is 5.75 Å². The standard InChI is InChI=1S/C26H32N2O4S2/c1-31-19-15-21-20(5-3-6-23(21)27-16-19)24(29)9-8-18-10-11-28(17-22(18)26(30)32-2)12-14-34-25-7-4-13-33-25/h3-7,13,15-16,18,22,24,29H,8-12,14,17H2,1-2H3/t18-,22+,24+/m1/s1. The van der Waals surface area contributed by atoms with Gasteiger partial charge in [-0.2, -0.15) is 0 Å². The summed E-state index contributed by atoms with van der Waals surface area (Å²) in [5.74, 6) is 1.57. The Morgan fingerprint density at radius 2 is 2.21 bits per heavy atom. The fourth-order valence-corrected chi connectivity index (χ4v) is 6.60. The van der Waals surface area contributed by atoms with Gasteiger partial charge < -0.3 is 19.5 Å². The maximum Gasteiger partial charge on any atom is 0.310 e. The number of methoxy groups -OCH3 is 2. The normalized spacial score (nSPS) is 19.7. The molecule has 0 bridgehead atoms. The molecule has 8 heteroatoms. The zero-order chi connectivity index (χ0) is 23.9. The molecular weight excluding hydrogens is 468 g/mol. The molecule has 0 aliphatic carbocycles. The summed E-state index contributed by atoms with van der Waals surface area (Å²) in [5.41, 5.74) is 1.68. The maximum atomic E-state index is 12.6. The molecule has 1 aliphatic heterocycles. The molecule has 1 N–H and O–H groups in total. The van der Waals surface area contributed by atoms with E-state index in [2.05, 4.69) is 27.4 Å². The number of benzene rings is 1. The molecule has 34 heavy (non-hydrogen) atoms. The van der Waals surface area contributed by atoms with Gasteiger partial charge in [0.15, 0.2) is 0 Å². The molecular formula is C26H32N2O4S2. The van der Waals surface area contributed by atoms with Crippen LogP contribution in [-0.4, -0.2) is 60.6 Å². The van der Waals surface area contributed by atoms with E-state index in [-0.39, 0.29) is 17.8 Å². The summed E-state index contributed by atoms with van der Waals surface area (Å²) >= 11 is 3.63. The third-order valence-corrected chi connectivity index (χ3v) is 8.74. The van der Waals surface area contributed by atoms with Crippen molar-refractivity contribution in [3.8, 4) is 5.75 Å². The second-order valence-corrected chi connectivity index (χ2v) is 11.0. The maximum absolute atomic E-state index is 12.6. The molecule has 0 amide bonds. The number of aliphatic hydroxyl groups is 1. The number of ether oxygens (including phenoxy) is 2. The Kier molecular flexibility index (Phi) is 8.83. The van der Waals surface area contributed by atoms with Crippen molar-refractivity contribution < 1.29 is 19.4 Å². The number of likely N-dealkylation sites (tertiary alicyclic amines) is 1. The summed E-state index contributed by atoms with van der Waals surface area (Å²) in [4.78, 5) is 19.4. The molecule has 6 nitrogen and oxygen atoms in total. The number of esters is 1. The van der Waals surface area contributed by atoms with E-state index in [4.69, 9.17) is 9.47 Å². The number of aromatic nitrogens is 1. The summed E-state index contributed by atoms with van der Waals surface area (Å²) in [6.45, 7) is 2.64. The number of pyridine rings is 1. The minimum atomic E-state index is -0.629. The molecule has 2 aromatic heterocycles. The van der Waals surface area contributed by atoms with E-state index >= 15 is 0 Å². The number of hydrogen-bond donors (Lipinski definition) is 1. The van der Waals surface area contributed by atoms with Crippen LogP contribution in [-0.2, 0) is 9.53 Å². The minimum absolute atomic E-state index is 0.144. The summed E-state index contributed by atoms with van der Waals surface area (Å²) in [7, 11) is 3.08. The minimum Gasteiger partial charge on any atom is -0.495 e. The SMILES string of the molecule is COC(=O)[C@H]1CN(CCSc2cccs2)CC[C@H]1CC[C@H](O)c1cccc2ncc(OC)cc12. The highest BCUT2D eigenvalue weighted by Gasteiger charge is 2.35. The zero-order valence-corrected chi connectivity index (χ0v) is 21.3. The van der Waals surface area contributed by atoms with Crippen molar-refractivity contribution in [1.82, 2.24) is 9.88 Å². The van der Waals surface area contributed by atoms with Crippen LogP contribution in [0, 0.1) is 11.8 Å². The summed E-state index contributed by atoms with van der Waals surface area (Å²) in [6.07, 6.45) is 3.35. The van der Waals surface area contributed by atoms with E-state index < -0.39 is 6.10 Å². The lowest BCUT2D eigenvalue weighted by atomic mass is 9.81. The Labute approximate surface area is 209 Å². The summed E-state index contributed by atoms with van der Waals surface area (Å²) in [6, 6.07) is 11.9. The number of thiophene rings is 1. The number of piperidine rings is 1. The molecule has 0 spiro atoms. The van der Waals surface area contributed by atoms with Crippen molar-refractivity contribution in [3.63, 3.8) is 0 Å². The van der Waals surface area contributed by atoms with Gasteiger partial charge in [0, 0.05) is 24.2 Å². The average Bonchev–Trinajstić information content (AvgIpc) is 3.40. The van der Waals surface area contributed by atoms with Crippen LogP contribution in [0.15, 0.2) is 52.2 Å². The van der Waals surface area contributed by atoms with E-state index in [9.17, 15) is 9.90 Å². The zero-order valence-electron chi connectivity index (χ0n) is 19.7. The number of rotatable bonds is 10. The number of fused-ring (bicyclic) bond motifs is 1. The Morgan fingerprint density at radius 1 is 1.32 bits per heavy atom. The van der Waals surface area contributed by atoms with Gasteiger partial charge in [0.2, 0.25) is 0 Å². The first-order chi connectivity index (χ1) is 16.6. The molecule has 0 radical (unpaired) electrons. The van der Waals surface area contributed by atoms with Crippen LogP contribution >= 0.6 is 23.1 Å². The third-order valence-electron chi connectivity index (χ3n) is 6.63. The second kappa shape index (κ2) is 12.0. The van der Waals surface area contributed by atoms with Crippen LogP contribution < -0.4 is 4.74 Å². The molecule has 3 heterocycles. The quantitative estimate of drug-likeness (QED) is 0.309. The lowest BCUT2D eigenvalue weighted by Gasteiger charge is -2.37. The number of thioether (sulfide) groups is 1. The molecule has 1 aromatic carbocycles. The van der Waals surface area contributed by atoms with Crippen molar-refractivity contribution >= 4 is 40.0 Å². The van der Waals surface area contributed by atoms with Crippen molar-refractivity contribution in [1.29, 1.82) is 0 Å². The summed E-state index contributed by atoms with van der Waals surface area (Å²) < 4.78 is 11.8. The number of aliphatic hydroxyl groups excluding tert-OH is 1. The fraction of sp³-hybridized carbons (Fsp3) is 0.462. The second-order valence-electron chi connectivity index (χ2n) is 8.64. The van der Waals surface area contributed by atoms with Gasteiger partial charge in [-0.05, 0) is 60.9 Å². The molecule has 1 saturated heterocycles. The Bertz CT molecular complexity index is 1080. The van der Waals surface area contributed by atoms with Gasteiger partial charge >= 0.3 is 5.97 Å². The highest BCUT2D eigenvalue weighted by atomic mass is 32.2. The first-order valence-corrected chi connectivity index (χ1v) is 13.5. The van der Waals surface area contributed by atoms with Crippen molar-refractivity contribution in [2.24, 2.45) is 11.8 Å². The predicted molar refractivity (Wildman–Crippen MR) is 138 cm³/mol. The summed E-state index contributed by atoms with van der Waals surface area (Å²) in [5, 5.41) is 14.1. The van der Waals surface area contributed by atoms with Gasteiger partial charge in [0.05, 0.1) is 42.2 Å². The van der Waals surface area contributed by atoms with Crippen LogP contribution in [0.4, 0.5) is 0 Å². The molecule has 1 fully saturated rings.